The van der Waals surface area contributed by atoms with Crippen LogP contribution in [0.5, 0.6) is 0 Å². The molecule has 2 atom stereocenters. The van der Waals surface area contributed by atoms with Gasteiger partial charge in [-0.15, -0.1) is 0 Å². The third kappa shape index (κ3) is 5.83. The predicted octanol–water partition coefficient (Wildman–Crippen LogP) is 1.21. The van der Waals surface area contributed by atoms with Gasteiger partial charge in [0.2, 0.25) is 5.91 Å². The Hall–Kier alpha value is -0.610. The molecule has 106 valence electrons. The fourth-order valence-corrected chi connectivity index (χ4v) is 2.49. The van der Waals surface area contributed by atoms with E-state index in [-0.39, 0.29) is 5.91 Å². The van der Waals surface area contributed by atoms with Crippen LogP contribution in [0, 0.1) is 11.8 Å². The number of nitrogens with one attached hydrogen (secondary N) is 1. The molecule has 1 rings (SSSR count). The minimum absolute atomic E-state index is 0.153. The van der Waals surface area contributed by atoms with Crippen molar-refractivity contribution < 1.29 is 4.79 Å². The number of carbonyl (C=O) groups excluding carboxylic acids is 1. The fraction of sp³-hybridized carbons (Fsp3) is 0.929. The van der Waals surface area contributed by atoms with Crippen LogP contribution in [0.1, 0.15) is 39.5 Å². The normalized spacial score (nSPS) is 19.7. The minimum atomic E-state index is 0.153. The van der Waals surface area contributed by atoms with E-state index in [0.717, 1.165) is 19.5 Å². The van der Waals surface area contributed by atoms with E-state index in [0.29, 0.717) is 24.8 Å². The van der Waals surface area contributed by atoms with Crippen LogP contribution in [0.25, 0.3) is 0 Å². The van der Waals surface area contributed by atoms with Crippen molar-refractivity contribution in [2.45, 2.75) is 39.5 Å². The topological polar surface area (TPSA) is 58.4 Å². The van der Waals surface area contributed by atoms with Gasteiger partial charge in [-0.3, -0.25) is 4.79 Å². The quantitative estimate of drug-likeness (QED) is 0.685. The third-order valence-electron chi connectivity index (χ3n) is 3.80. The van der Waals surface area contributed by atoms with Crippen molar-refractivity contribution in [1.82, 2.24) is 10.2 Å². The molecule has 4 nitrogen and oxygen atoms in total. The molecule has 1 heterocycles. The highest BCUT2D eigenvalue weighted by molar-refractivity contribution is 5.76. The highest BCUT2D eigenvalue weighted by Crippen LogP contribution is 2.10. The molecule has 1 fully saturated rings. The summed E-state index contributed by atoms with van der Waals surface area (Å²) in [5.74, 6) is 1.02. The number of amides is 1. The molecule has 4 heteroatoms. The summed E-state index contributed by atoms with van der Waals surface area (Å²) < 4.78 is 0. The lowest BCUT2D eigenvalue weighted by atomic mass is 10.0. The predicted molar refractivity (Wildman–Crippen MR) is 75.3 cm³/mol. The van der Waals surface area contributed by atoms with E-state index in [1.165, 1.54) is 25.9 Å². The Morgan fingerprint density at radius 3 is 2.61 bits per heavy atom. The largest absolute Gasteiger partial charge is 0.356 e. The van der Waals surface area contributed by atoms with Crippen molar-refractivity contribution in [2.24, 2.45) is 17.6 Å². The van der Waals surface area contributed by atoms with Crippen molar-refractivity contribution in [3.05, 3.63) is 0 Å². The van der Waals surface area contributed by atoms with Gasteiger partial charge in [-0.05, 0) is 44.3 Å². The average molecular weight is 255 g/mol. The summed E-state index contributed by atoms with van der Waals surface area (Å²) >= 11 is 0. The standard InChI is InChI=1S/C14H29N3O/c1-3-13(9-15)8-14(18)16-10-12(2)11-17-6-4-5-7-17/h12-13H,3-11,15H2,1-2H3,(H,16,18). The number of carbonyl (C=O) groups is 1. The Morgan fingerprint density at radius 2 is 2.06 bits per heavy atom. The monoisotopic (exact) mass is 255 g/mol. The van der Waals surface area contributed by atoms with Gasteiger partial charge in [0.1, 0.15) is 0 Å². The highest BCUT2D eigenvalue weighted by Gasteiger charge is 2.16. The van der Waals surface area contributed by atoms with E-state index in [1.54, 1.807) is 0 Å². The highest BCUT2D eigenvalue weighted by atomic mass is 16.1. The van der Waals surface area contributed by atoms with Crippen LogP contribution >= 0.6 is 0 Å². The summed E-state index contributed by atoms with van der Waals surface area (Å²) in [5.41, 5.74) is 5.61. The molecule has 1 saturated heterocycles. The van der Waals surface area contributed by atoms with Crippen LogP contribution < -0.4 is 11.1 Å². The molecule has 1 aliphatic rings. The molecule has 0 aliphatic carbocycles. The van der Waals surface area contributed by atoms with Gasteiger partial charge < -0.3 is 16.0 Å². The molecule has 0 aromatic rings. The van der Waals surface area contributed by atoms with Crippen LogP contribution in [0.4, 0.5) is 0 Å². The van der Waals surface area contributed by atoms with Gasteiger partial charge in [0.25, 0.3) is 0 Å². The molecule has 1 aliphatic heterocycles. The SMILES string of the molecule is CCC(CN)CC(=O)NCC(C)CN1CCCC1. The van der Waals surface area contributed by atoms with Gasteiger partial charge in [0, 0.05) is 19.5 Å². The van der Waals surface area contributed by atoms with Gasteiger partial charge in [-0.25, -0.2) is 0 Å². The Kier molecular flexibility index (Phi) is 7.28. The van der Waals surface area contributed by atoms with E-state index >= 15 is 0 Å². The second-order valence-corrected chi connectivity index (χ2v) is 5.63. The van der Waals surface area contributed by atoms with Gasteiger partial charge >= 0.3 is 0 Å². The maximum absolute atomic E-state index is 11.7. The third-order valence-corrected chi connectivity index (χ3v) is 3.80. The first-order valence-electron chi connectivity index (χ1n) is 7.34. The molecular formula is C14H29N3O. The smallest absolute Gasteiger partial charge is 0.220 e. The van der Waals surface area contributed by atoms with Crippen molar-refractivity contribution in [3.63, 3.8) is 0 Å². The lowest BCUT2D eigenvalue weighted by molar-refractivity contribution is -0.122. The zero-order chi connectivity index (χ0) is 13.4. The number of likely N-dealkylation sites (tertiary alicyclic amines) is 1. The fourth-order valence-electron chi connectivity index (χ4n) is 2.49. The second kappa shape index (κ2) is 8.48. The molecule has 0 aromatic carbocycles. The first kappa shape index (κ1) is 15.4. The van der Waals surface area contributed by atoms with Gasteiger partial charge in [0.05, 0.1) is 0 Å². The Bertz CT molecular complexity index is 235. The summed E-state index contributed by atoms with van der Waals surface area (Å²) in [6.07, 6.45) is 4.21. The molecule has 0 bridgehead atoms. The van der Waals surface area contributed by atoms with E-state index < -0.39 is 0 Å². The Morgan fingerprint density at radius 1 is 1.39 bits per heavy atom. The molecule has 0 radical (unpaired) electrons. The van der Waals surface area contributed by atoms with Crippen LogP contribution in [-0.4, -0.2) is 43.5 Å². The van der Waals surface area contributed by atoms with Crippen LogP contribution in [-0.2, 0) is 4.79 Å². The second-order valence-electron chi connectivity index (χ2n) is 5.63. The Balaban J connectivity index is 2.12. The molecule has 0 saturated carbocycles. The summed E-state index contributed by atoms with van der Waals surface area (Å²) in [6.45, 7) is 9.24. The molecule has 0 spiro atoms. The first-order valence-corrected chi connectivity index (χ1v) is 7.34. The maximum Gasteiger partial charge on any atom is 0.220 e. The lowest BCUT2D eigenvalue weighted by Crippen LogP contribution is -2.35. The lowest BCUT2D eigenvalue weighted by Gasteiger charge is -2.21. The van der Waals surface area contributed by atoms with Crippen molar-refractivity contribution in [2.75, 3.05) is 32.7 Å². The summed E-state index contributed by atoms with van der Waals surface area (Å²) in [6, 6.07) is 0. The summed E-state index contributed by atoms with van der Waals surface area (Å²) in [5, 5.41) is 3.03. The van der Waals surface area contributed by atoms with E-state index in [4.69, 9.17) is 5.73 Å². The molecule has 0 aromatic heterocycles. The number of hydrogen-bond donors (Lipinski definition) is 2. The van der Waals surface area contributed by atoms with Gasteiger partial charge in [-0.1, -0.05) is 20.3 Å². The number of nitrogens with zero attached hydrogens (tertiary/aromatic N) is 1. The van der Waals surface area contributed by atoms with Crippen LogP contribution in [0.3, 0.4) is 0 Å². The number of rotatable bonds is 8. The van der Waals surface area contributed by atoms with Crippen molar-refractivity contribution >= 4 is 5.91 Å². The summed E-state index contributed by atoms with van der Waals surface area (Å²) in [4.78, 5) is 14.2. The van der Waals surface area contributed by atoms with Gasteiger partial charge in [-0.2, -0.15) is 0 Å². The zero-order valence-corrected chi connectivity index (χ0v) is 12.0. The van der Waals surface area contributed by atoms with Crippen molar-refractivity contribution in [3.8, 4) is 0 Å². The van der Waals surface area contributed by atoms with E-state index in [1.807, 2.05) is 0 Å². The Labute approximate surface area is 111 Å². The molecule has 3 N–H and O–H groups in total. The van der Waals surface area contributed by atoms with E-state index in [9.17, 15) is 4.79 Å². The molecular weight excluding hydrogens is 226 g/mol. The van der Waals surface area contributed by atoms with Crippen LogP contribution in [0.15, 0.2) is 0 Å². The maximum atomic E-state index is 11.7. The van der Waals surface area contributed by atoms with E-state index in [2.05, 4.69) is 24.1 Å². The first-order chi connectivity index (χ1) is 8.65. The average Bonchev–Trinajstić information content (AvgIpc) is 2.86. The number of hydrogen-bond acceptors (Lipinski definition) is 3. The van der Waals surface area contributed by atoms with Crippen molar-refractivity contribution in [1.29, 1.82) is 0 Å². The summed E-state index contributed by atoms with van der Waals surface area (Å²) in [7, 11) is 0. The van der Waals surface area contributed by atoms with Gasteiger partial charge in [0.15, 0.2) is 0 Å². The molecule has 18 heavy (non-hydrogen) atoms. The molecule has 1 amide bonds. The van der Waals surface area contributed by atoms with Crippen LogP contribution in [0.2, 0.25) is 0 Å². The number of nitrogens with two attached hydrogens (primary N) is 1. The zero-order valence-electron chi connectivity index (χ0n) is 12.0. The minimum Gasteiger partial charge on any atom is -0.356 e. The molecule has 2 unspecified atom stereocenters.